The maximum atomic E-state index is 5.99. The van der Waals surface area contributed by atoms with E-state index in [-0.39, 0.29) is 5.54 Å². The molecule has 1 aromatic carbocycles. The van der Waals surface area contributed by atoms with E-state index in [0.29, 0.717) is 0 Å². The minimum Gasteiger partial charge on any atom is -0.497 e. The molecule has 19 heavy (non-hydrogen) atoms. The van der Waals surface area contributed by atoms with Gasteiger partial charge in [0.05, 0.1) is 7.11 Å². The molecule has 0 spiro atoms. The van der Waals surface area contributed by atoms with E-state index in [9.17, 15) is 0 Å². The van der Waals surface area contributed by atoms with Gasteiger partial charge in [0, 0.05) is 12.1 Å². The fourth-order valence-electron chi connectivity index (χ4n) is 2.06. The average molecular weight is 264 g/mol. The zero-order valence-corrected chi connectivity index (χ0v) is 12.8. The van der Waals surface area contributed by atoms with Gasteiger partial charge in [-0.15, -0.1) is 0 Å². The zero-order valence-electron chi connectivity index (χ0n) is 12.8. The third-order valence-electron chi connectivity index (χ3n) is 3.28. The summed E-state index contributed by atoms with van der Waals surface area (Å²) in [6.45, 7) is 6.34. The van der Waals surface area contributed by atoms with Gasteiger partial charge in [-0.05, 0) is 64.4 Å². The summed E-state index contributed by atoms with van der Waals surface area (Å²) in [4.78, 5) is 2.37. The van der Waals surface area contributed by atoms with E-state index in [1.165, 1.54) is 5.56 Å². The lowest BCUT2D eigenvalue weighted by atomic mass is 10.00. The minimum absolute atomic E-state index is 0.0480. The Balaban J connectivity index is 2.27. The van der Waals surface area contributed by atoms with Crippen LogP contribution in [-0.2, 0) is 6.42 Å². The zero-order chi connectivity index (χ0) is 14.3. The molecule has 3 nitrogen and oxygen atoms in total. The van der Waals surface area contributed by atoms with Crippen molar-refractivity contribution in [3.05, 3.63) is 29.8 Å². The average Bonchev–Trinajstić information content (AvgIpc) is 2.35. The van der Waals surface area contributed by atoms with E-state index in [2.05, 4.69) is 37.9 Å². The monoisotopic (exact) mass is 264 g/mol. The van der Waals surface area contributed by atoms with Crippen LogP contribution >= 0.6 is 0 Å². The largest absolute Gasteiger partial charge is 0.497 e. The van der Waals surface area contributed by atoms with Crippen LogP contribution in [0.15, 0.2) is 24.3 Å². The topological polar surface area (TPSA) is 38.5 Å². The highest BCUT2D eigenvalue weighted by Crippen LogP contribution is 2.13. The van der Waals surface area contributed by atoms with Crippen molar-refractivity contribution in [2.75, 3.05) is 27.2 Å². The number of rotatable bonds is 8. The molecule has 0 aliphatic heterocycles. The molecule has 0 radical (unpaired) electrons. The second-order valence-corrected chi connectivity index (χ2v) is 6.00. The predicted octanol–water partition coefficient (Wildman–Crippen LogP) is 2.69. The highest BCUT2D eigenvalue weighted by atomic mass is 16.5. The van der Waals surface area contributed by atoms with Crippen LogP contribution in [0.3, 0.4) is 0 Å². The van der Waals surface area contributed by atoms with Gasteiger partial charge in [-0.1, -0.05) is 12.1 Å². The van der Waals surface area contributed by atoms with Gasteiger partial charge in [-0.25, -0.2) is 0 Å². The molecule has 2 N–H and O–H groups in total. The van der Waals surface area contributed by atoms with E-state index < -0.39 is 0 Å². The molecule has 0 bridgehead atoms. The highest BCUT2D eigenvalue weighted by molar-refractivity contribution is 5.28. The van der Waals surface area contributed by atoms with Crippen LogP contribution in [-0.4, -0.2) is 37.7 Å². The van der Waals surface area contributed by atoms with E-state index in [1.807, 2.05) is 12.1 Å². The molecule has 0 saturated carbocycles. The number of likely N-dealkylation sites (N-methyl/N-ethyl adjacent to an activating group) is 1. The molecule has 0 amide bonds. The van der Waals surface area contributed by atoms with Crippen LogP contribution < -0.4 is 10.5 Å². The first-order valence-electron chi connectivity index (χ1n) is 7.01. The van der Waals surface area contributed by atoms with Crippen molar-refractivity contribution in [1.29, 1.82) is 0 Å². The van der Waals surface area contributed by atoms with Gasteiger partial charge in [-0.3, -0.25) is 0 Å². The molecule has 0 saturated heterocycles. The first kappa shape index (κ1) is 16.0. The number of ether oxygens (including phenoxy) is 1. The minimum atomic E-state index is -0.0480. The normalized spacial score (nSPS) is 11.9. The number of methoxy groups -OCH3 is 1. The standard InChI is InChI=1S/C16H28N2O/c1-16(2,17)10-6-11-18(3)12-9-14-7-5-8-15(13-14)19-4/h5,7-8,13H,6,9-12,17H2,1-4H3. The van der Waals surface area contributed by atoms with Crippen LogP contribution in [0, 0.1) is 0 Å². The third kappa shape index (κ3) is 7.19. The number of benzene rings is 1. The lowest BCUT2D eigenvalue weighted by Gasteiger charge is -2.21. The summed E-state index contributed by atoms with van der Waals surface area (Å²) in [5.74, 6) is 0.935. The van der Waals surface area contributed by atoms with E-state index >= 15 is 0 Å². The Morgan fingerprint density at radius 3 is 2.63 bits per heavy atom. The summed E-state index contributed by atoms with van der Waals surface area (Å²) in [5.41, 5.74) is 7.26. The van der Waals surface area contributed by atoms with Crippen molar-refractivity contribution in [2.24, 2.45) is 5.73 Å². The molecule has 0 aliphatic rings. The second-order valence-electron chi connectivity index (χ2n) is 6.00. The molecule has 1 aromatic rings. The number of nitrogens with two attached hydrogens (primary N) is 1. The summed E-state index contributed by atoms with van der Waals surface area (Å²) in [6.07, 6.45) is 3.27. The highest BCUT2D eigenvalue weighted by Gasteiger charge is 2.10. The Hall–Kier alpha value is -1.06. The molecule has 0 heterocycles. The number of nitrogens with zero attached hydrogens (tertiary/aromatic N) is 1. The van der Waals surface area contributed by atoms with Crippen molar-refractivity contribution in [2.45, 2.75) is 38.6 Å². The molecular formula is C16H28N2O. The Morgan fingerprint density at radius 1 is 1.26 bits per heavy atom. The summed E-state index contributed by atoms with van der Waals surface area (Å²) < 4.78 is 5.24. The third-order valence-corrected chi connectivity index (χ3v) is 3.28. The van der Waals surface area contributed by atoms with Crippen molar-refractivity contribution < 1.29 is 4.74 Å². The van der Waals surface area contributed by atoms with Crippen molar-refractivity contribution in [1.82, 2.24) is 4.90 Å². The van der Waals surface area contributed by atoms with E-state index in [4.69, 9.17) is 10.5 Å². The van der Waals surface area contributed by atoms with Gasteiger partial charge in [0.2, 0.25) is 0 Å². The quantitative estimate of drug-likeness (QED) is 0.784. The summed E-state index contributed by atoms with van der Waals surface area (Å²) in [6, 6.07) is 8.29. The molecule has 0 atom stereocenters. The maximum absolute atomic E-state index is 5.99. The molecular weight excluding hydrogens is 236 g/mol. The van der Waals surface area contributed by atoms with Gasteiger partial charge in [0.15, 0.2) is 0 Å². The lowest BCUT2D eigenvalue weighted by Crippen LogP contribution is -2.33. The van der Waals surface area contributed by atoms with Gasteiger partial charge < -0.3 is 15.4 Å². The second kappa shape index (κ2) is 7.51. The fraction of sp³-hybridized carbons (Fsp3) is 0.625. The number of hydrogen-bond acceptors (Lipinski definition) is 3. The Bertz CT molecular complexity index is 371. The fourth-order valence-corrected chi connectivity index (χ4v) is 2.06. The lowest BCUT2D eigenvalue weighted by molar-refractivity contribution is 0.312. The smallest absolute Gasteiger partial charge is 0.119 e. The van der Waals surface area contributed by atoms with Gasteiger partial charge >= 0.3 is 0 Å². The van der Waals surface area contributed by atoms with Gasteiger partial charge in [0.1, 0.15) is 5.75 Å². The SMILES string of the molecule is COc1cccc(CCN(C)CCCC(C)(C)N)c1. The van der Waals surface area contributed by atoms with Gasteiger partial charge in [0.25, 0.3) is 0 Å². The Labute approximate surface area is 117 Å². The maximum Gasteiger partial charge on any atom is 0.119 e. The summed E-state index contributed by atoms with van der Waals surface area (Å²) in [5, 5.41) is 0. The molecule has 1 rings (SSSR count). The first-order chi connectivity index (χ1) is 8.90. The van der Waals surface area contributed by atoms with Crippen molar-refractivity contribution >= 4 is 0 Å². The van der Waals surface area contributed by atoms with Crippen LogP contribution in [0.25, 0.3) is 0 Å². The molecule has 3 heteroatoms. The summed E-state index contributed by atoms with van der Waals surface area (Å²) >= 11 is 0. The van der Waals surface area contributed by atoms with Crippen molar-refractivity contribution in [3.63, 3.8) is 0 Å². The molecule has 0 unspecified atom stereocenters. The van der Waals surface area contributed by atoms with Crippen LogP contribution in [0.2, 0.25) is 0 Å². The summed E-state index contributed by atoms with van der Waals surface area (Å²) in [7, 11) is 3.88. The van der Waals surface area contributed by atoms with Crippen LogP contribution in [0.1, 0.15) is 32.3 Å². The number of hydrogen-bond donors (Lipinski definition) is 1. The van der Waals surface area contributed by atoms with Crippen LogP contribution in [0.4, 0.5) is 0 Å². The Kier molecular flexibility index (Phi) is 6.32. The molecule has 0 aliphatic carbocycles. The first-order valence-corrected chi connectivity index (χ1v) is 7.01. The van der Waals surface area contributed by atoms with Crippen LogP contribution in [0.5, 0.6) is 5.75 Å². The molecule has 0 fully saturated rings. The van der Waals surface area contributed by atoms with Crippen molar-refractivity contribution in [3.8, 4) is 5.75 Å². The Morgan fingerprint density at radius 2 is 2.00 bits per heavy atom. The van der Waals surface area contributed by atoms with E-state index in [1.54, 1.807) is 7.11 Å². The molecule has 108 valence electrons. The van der Waals surface area contributed by atoms with E-state index in [0.717, 1.165) is 38.1 Å². The predicted molar refractivity (Wildman–Crippen MR) is 81.7 cm³/mol. The molecule has 0 aromatic heterocycles. The van der Waals surface area contributed by atoms with Gasteiger partial charge in [-0.2, -0.15) is 0 Å².